The minimum absolute atomic E-state index is 0.619. The predicted molar refractivity (Wildman–Crippen MR) is 182 cm³/mol. The van der Waals surface area contributed by atoms with Crippen molar-refractivity contribution in [3.8, 4) is 22.3 Å². The van der Waals surface area contributed by atoms with Crippen LogP contribution in [0.15, 0.2) is 158 Å². The predicted octanol–water partition coefficient (Wildman–Crippen LogP) is 8.75. The van der Waals surface area contributed by atoms with Crippen LogP contribution in [0.5, 0.6) is 0 Å². The number of hydrogen-bond donors (Lipinski definition) is 0. The molecule has 0 heterocycles. The van der Waals surface area contributed by atoms with E-state index >= 15 is 0 Å². The van der Waals surface area contributed by atoms with Crippen molar-refractivity contribution in [1.29, 1.82) is 0 Å². The molecule has 1 heteroatoms. The first-order valence-corrected chi connectivity index (χ1v) is 15.7. The van der Waals surface area contributed by atoms with Crippen LogP contribution in [0, 0.1) is 0 Å². The van der Waals surface area contributed by atoms with E-state index in [2.05, 4.69) is 158 Å². The maximum Gasteiger partial charge on any atom is 0.0875 e. The third-order valence-corrected chi connectivity index (χ3v) is 10.2. The lowest BCUT2D eigenvalue weighted by atomic mass is 9.84. The molecule has 0 atom stereocenters. The zero-order valence-electron chi connectivity index (χ0n) is 22.7. The second-order valence-corrected chi connectivity index (χ2v) is 12.9. The molecule has 0 fully saturated rings. The molecule has 8 aromatic rings. The summed E-state index contributed by atoms with van der Waals surface area (Å²) in [4.78, 5) is 0. The van der Waals surface area contributed by atoms with Gasteiger partial charge in [0.05, 0.1) is 9.52 Å². The highest BCUT2D eigenvalue weighted by molar-refractivity contribution is 6.67. The van der Waals surface area contributed by atoms with Crippen LogP contribution < -0.4 is 10.4 Å². The summed E-state index contributed by atoms with van der Waals surface area (Å²) >= 11 is 0. The fraction of sp³-hybridized carbons (Fsp3) is 0. The number of benzene rings is 8. The highest BCUT2D eigenvalue weighted by Crippen LogP contribution is 2.46. The van der Waals surface area contributed by atoms with Gasteiger partial charge < -0.3 is 0 Å². The van der Waals surface area contributed by atoms with E-state index in [1.807, 2.05) is 0 Å². The Bertz CT molecular complexity index is 2210. The number of hydrogen-bond acceptors (Lipinski definition) is 0. The first-order chi connectivity index (χ1) is 20.3. The molecular formula is C40H28Si. The Kier molecular flexibility index (Phi) is 5.76. The van der Waals surface area contributed by atoms with Gasteiger partial charge in [-0.3, -0.25) is 0 Å². The lowest BCUT2D eigenvalue weighted by Crippen LogP contribution is -2.26. The fourth-order valence-corrected chi connectivity index (χ4v) is 8.16. The van der Waals surface area contributed by atoms with E-state index in [1.165, 1.54) is 75.7 Å². The van der Waals surface area contributed by atoms with Gasteiger partial charge in [-0.1, -0.05) is 162 Å². The topological polar surface area (TPSA) is 0 Å². The van der Waals surface area contributed by atoms with Crippen LogP contribution in [0.25, 0.3) is 65.3 Å². The Morgan fingerprint density at radius 3 is 1.63 bits per heavy atom. The van der Waals surface area contributed by atoms with Crippen molar-refractivity contribution in [2.45, 2.75) is 0 Å². The molecule has 0 N–H and O–H groups in total. The molecule has 0 aliphatic rings. The highest BCUT2D eigenvalue weighted by atomic mass is 28.2. The molecule has 0 aromatic heterocycles. The van der Waals surface area contributed by atoms with E-state index in [0.29, 0.717) is 0 Å². The molecular weight excluding hydrogens is 509 g/mol. The molecule has 0 amide bonds. The number of rotatable bonds is 4. The Hall–Kier alpha value is -4.98. The Labute approximate surface area is 242 Å². The summed E-state index contributed by atoms with van der Waals surface area (Å²) in [5.41, 5.74) is 5.22. The van der Waals surface area contributed by atoms with Crippen LogP contribution >= 0.6 is 0 Å². The molecule has 0 aliphatic heterocycles. The van der Waals surface area contributed by atoms with Crippen molar-refractivity contribution in [1.82, 2.24) is 0 Å². The van der Waals surface area contributed by atoms with Gasteiger partial charge in [0.25, 0.3) is 0 Å². The van der Waals surface area contributed by atoms with E-state index < -0.39 is 9.52 Å². The van der Waals surface area contributed by atoms with Gasteiger partial charge in [-0.25, -0.2) is 0 Å². The van der Waals surface area contributed by atoms with Crippen molar-refractivity contribution in [3.05, 3.63) is 158 Å². The average molecular weight is 537 g/mol. The standard InChI is InChI=1S/C40H28Si/c1-3-13-27(14-4-1)39-34-21-11-12-22-35(34)40(38-26-30(23-24-36(38)39)41-29-16-5-2-6-17-29)37-25-28-15-7-8-18-31(28)32-19-9-10-20-33(32)37/h1-26H,41H2. The van der Waals surface area contributed by atoms with Gasteiger partial charge in [0.2, 0.25) is 0 Å². The summed E-state index contributed by atoms with van der Waals surface area (Å²) in [6.45, 7) is 0. The van der Waals surface area contributed by atoms with Crippen molar-refractivity contribution >= 4 is 63.0 Å². The zero-order valence-corrected chi connectivity index (χ0v) is 24.1. The Morgan fingerprint density at radius 1 is 0.317 bits per heavy atom. The molecule has 8 aromatic carbocycles. The van der Waals surface area contributed by atoms with Crippen molar-refractivity contribution in [3.63, 3.8) is 0 Å². The lowest BCUT2D eigenvalue weighted by Gasteiger charge is -2.20. The van der Waals surface area contributed by atoms with Gasteiger partial charge >= 0.3 is 0 Å². The first kappa shape index (κ1) is 23.9. The smallest absolute Gasteiger partial charge is 0.0633 e. The third kappa shape index (κ3) is 4.06. The molecule has 0 unspecified atom stereocenters. The van der Waals surface area contributed by atoms with Crippen LogP contribution in [0.1, 0.15) is 0 Å². The van der Waals surface area contributed by atoms with Gasteiger partial charge in [0, 0.05) is 0 Å². The van der Waals surface area contributed by atoms with E-state index in [9.17, 15) is 0 Å². The van der Waals surface area contributed by atoms with E-state index in [1.54, 1.807) is 0 Å². The molecule has 192 valence electrons. The van der Waals surface area contributed by atoms with Crippen LogP contribution in [0.4, 0.5) is 0 Å². The Morgan fingerprint density at radius 2 is 0.878 bits per heavy atom. The monoisotopic (exact) mass is 536 g/mol. The second-order valence-electron chi connectivity index (χ2n) is 10.9. The minimum atomic E-state index is -0.619. The van der Waals surface area contributed by atoms with Crippen molar-refractivity contribution in [2.24, 2.45) is 0 Å². The SMILES string of the molecule is c1ccc([SiH2]c2ccc3c(-c4ccccc4)c4ccccc4c(-c4cc5ccccc5c5ccccc45)c3c2)cc1. The minimum Gasteiger partial charge on any atom is -0.0633 e. The maximum atomic E-state index is 2.51. The normalized spacial score (nSPS) is 11.8. The zero-order chi connectivity index (χ0) is 27.2. The summed E-state index contributed by atoms with van der Waals surface area (Å²) in [6, 6.07) is 58.3. The highest BCUT2D eigenvalue weighted by Gasteiger charge is 2.19. The molecule has 0 nitrogen and oxygen atoms in total. The van der Waals surface area contributed by atoms with Crippen molar-refractivity contribution < 1.29 is 0 Å². The van der Waals surface area contributed by atoms with Crippen LogP contribution in [-0.2, 0) is 0 Å². The van der Waals surface area contributed by atoms with E-state index in [0.717, 1.165) is 0 Å². The van der Waals surface area contributed by atoms with Crippen LogP contribution in [0.3, 0.4) is 0 Å². The van der Waals surface area contributed by atoms with Gasteiger partial charge in [-0.2, -0.15) is 0 Å². The molecule has 41 heavy (non-hydrogen) atoms. The van der Waals surface area contributed by atoms with Gasteiger partial charge in [-0.05, 0) is 71.4 Å². The third-order valence-electron chi connectivity index (χ3n) is 8.44. The van der Waals surface area contributed by atoms with Gasteiger partial charge in [-0.15, -0.1) is 0 Å². The van der Waals surface area contributed by atoms with Gasteiger partial charge in [0.15, 0.2) is 0 Å². The average Bonchev–Trinajstić information content (AvgIpc) is 3.04. The van der Waals surface area contributed by atoms with Gasteiger partial charge in [0.1, 0.15) is 0 Å². The molecule has 8 rings (SSSR count). The quantitative estimate of drug-likeness (QED) is 0.120. The molecule has 0 saturated carbocycles. The number of fused-ring (bicyclic) bond motifs is 5. The lowest BCUT2D eigenvalue weighted by molar-refractivity contribution is 1.67. The summed E-state index contributed by atoms with van der Waals surface area (Å²) in [5, 5.41) is 13.4. The molecule has 0 bridgehead atoms. The molecule has 0 saturated heterocycles. The largest absolute Gasteiger partial charge is 0.0875 e. The van der Waals surface area contributed by atoms with E-state index in [-0.39, 0.29) is 0 Å². The summed E-state index contributed by atoms with van der Waals surface area (Å²) in [7, 11) is -0.619. The molecule has 0 aliphatic carbocycles. The fourth-order valence-electron chi connectivity index (χ4n) is 6.63. The summed E-state index contributed by atoms with van der Waals surface area (Å²) in [5.74, 6) is 0. The Balaban J connectivity index is 1.54. The van der Waals surface area contributed by atoms with Crippen molar-refractivity contribution in [2.75, 3.05) is 0 Å². The summed E-state index contributed by atoms with van der Waals surface area (Å²) < 4.78 is 0. The maximum absolute atomic E-state index is 2.51. The molecule has 0 radical (unpaired) electrons. The van der Waals surface area contributed by atoms with E-state index in [4.69, 9.17) is 0 Å². The first-order valence-electron chi connectivity index (χ1n) is 14.3. The van der Waals surface area contributed by atoms with Crippen LogP contribution in [0.2, 0.25) is 0 Å². The molecule has 0 spiro atoms. The van der Waals surface area contributed by atoms with Crippen LogP contribution in [-0.4, -0.2) is 9.52 Å². The summed E-state index contributed by atoms with van der Waals surface area (Å²) in [6.07, 6.45) is 0. The second kappa shape index (κ2) is 9.89.